The molecule has 1 heterocycles. The second kappa shape index (κ2) is 5.47. The van der Waals surface area contributed by atoms with Crippen LogP contribution in [0.1, 0.15) is 18.9 Å². The van der Waals surface area contributed by atoms with E-state index in [-0.39, 0.29) is 6.04 Å². The summed E-state index contributed by atoms with van der Waals surface area (Å²) in [6, 6.07) is 8.44. The largest absolute Gasteiger partial charge is 0.327 e. The zero-order valence-corrected chi connectivity index (χ0v) is 11.4. The van der Waals surface area contributed by atoms with Gasteiger partial charge in [0, 0.05) is 12.2 Å². The fourth-order valence-corrected chi connectivity index (χ4v) is 2.05. The van der Waals surface area contributed by atoms with E-state index in [1.807, 2.05) is 23.0 Å². The Morgan fingerprint density at radius 2 is 2.18 bits per heavy atom. The molecule has 1 aromatic heterocycles. The standard InChI is InChI=1S/C13H16BrN3/c1-2-12(15)7-10-5-3-4-6-13(10)17-9-11(14)8-16-17/h3-6,8-9,12H,2,7,15H2,1H3. The van der Waals surface area contributed by atoms with Gasteiger partial charge in [0.15, 0.2) is 0 Å². The van der Waals surface area contributed by atoms with Gasteiger partial charge in [-0.15, -0.1) is 0 Å². The Labute approximate surface area is 110 Å². The summed E-state index contributed by atoms with van der Waals surface area (Å²) in [5.41, 5.74) is 8.35. The number of benzene rings is 1. The van der Waals surface area contributed by atoms with E-state index in [0.717, 1.165) is 23.0 Å². The van der Waals surface area contributed by atoms with Gasteiger partial charge in [0.1, 0.15) is 0 Å². The van der Waals surface area contributed by atoms with Crippen molar-refractivity contribution in [3.8, 4) is 5.69 Å². The third kappa shape index (κ3) is 2.96. The molecule has 0 spiro atoms. The molecule has 90 valence electrons. The minimum absolute atomic E-state index is 0.204. The predicted molar refractivity (Wildman–Crippen MR) is 73.2 cm³/mol. The van der Waals surface area contributed by atoms with Crippen molar-refractivity contribution in [1.82, 2.24) is 9.78 Å². The first-order chi connectivity index (χ1) is 8.20. The minimum Gasteiger partial charge on any atom is -0.327 e. The molecule has 4 heteroatoms. The van der Waals surface area contributed by atoms with Crippen LogP contribution in [0.25, 0.3) is 5.69 Å². The van der Waals surface area contributed by atoms with E-state index in [1.54, 1.807) is 6.20 Å². The summed E-state index contributed by atoms with van der Waals surface area (Å²) in [4.78, 5) is 0. The van der Waals surface area contributed by atoms with Gasteiger partial charge in [-0.2, -0.15) is 5.10 Å². The molecule has 0 radical (unpaired) electrons. The Morgan fingerprint density at radius 3 is 2.82 bits per heavy atom. The van der Waals surface area contributed by atoms with Crippen LogP contribution in [0.15, 0.2) is 41.1 Å². The average Bonchev–Trinajstić information content (AvgIpc) is 2.76. The lowest BCUT2D eigenvalue weighted by Crippen LogP contribution is -2.22. The average molecular weight is 294 g/mol. The Hall–Kier alpha value is -1.13. The van der Waals surface area contributed by atoms with Crippen molar-refractivity contribution in [3.05, 3.63) is 46.7 Å². The Kier molecular flexibility index (Phi) is 3.97. The number of para-hydroxylation sites is 1. The first-order valence-electron chi connectivity index (χ1n) is 5.74. The Morgan fingerprint density at radius 1 is 1.41 bits per heavy atom. The number of halogens is 1. The smallest absolute Gasteiger partial charge is 0.0678 e. The zero-order valence-electron chi connectivity index (χ0n) is 9.81. The molecule has 0 bridgehead atoms. The first kappa shape index (κ1) is 12.3. The van der Waals surface area contributed by atoms with Gasteiger partial charge < -0.3 is 5.73 Å². The maximum Gasteiger partial charge on any atom is 0.0678 e. The molecule has 0 fully saturated rings. The van der Waals surface area contributed by atoms with Gasteiger partial charge in [0.25, 0.3) is 0 Å². The molecule has 0 aliphatic rings. The van der Waals surface area contributed by atoms with Crippen molar-refractivity contribution in [2.75, 3.05) is 0 Å². The second-order valence-electron chi connectivity index (χ2n) is 4.10. The molecule has 0 amide bonds. The maximum absolute atomic E-state index is 6.02. The Bertz CT molecular complexity index is 493. The number of nitrogens with two attached hydrogens (primary N) is 1. The molecule has 17 heavy (non-hydrogen) atoms. The highest BCUT2D eigenvalue weighted by Crippen LogP contribution is 2.18. The predicted octanol–water partition coefficient (Wildman–Crippen LogP) is 2.91. The lowest BCUT2D eigenvalue weighted by Gasteiger charge is -2.13. The van der Waals surface area contributed by atoms with E-state index in [2.05, 4.69) is 40.1 Å². The van der Waals surface area contributed by atoms with E-state index in [9.17, 15) is 0 Å². The van der Waals surface area contributed by atoms with Crippen molar-refractivity contribution >= 4 is 15.9 Å². The van der Waals surface area contributed by atoms with Gasteiger partial charge in [0.05, 0.1) is 16.4 Å². The number of hydrogen-bond acceptors (Lipinski definition) is 2. The quantitative estimate of drug-likeness (QED) is 0.942. The fourth-order valence-electron chi connectivity index (χ4n) is 1.77. The lowest BCUT2D eigenvalue weighted by atomic mass is 10.0. The number of rotatable bonds is 4. The van der Waals surface area contributed by atoms with E-state index < -0.39 is 0 Å². The minimum atomic E-state index is 0.204. The Balaban J connectivity index is 2.33. The summed E-state index contributed by atoms with van der Waals surface area (Å²) >= 11 is 3.41. The summed E-state index contributed by atoms with van der Waals surface area (Å²) < 4.78 is 2.86. The molecule has 2 rings (SSSR count). The van der Waals surface area contributed by atoms with Crippen molar-refractivity contribution in [2.24, 2.45) is 5.73 Å². The molecule has 1 atom stereocenters. The van der Waals surface area contributed by atoms with Gasteiger partial charge in [-0.1, -0.05) is 25.1 Å². The summed E-state index contributed by atoms with van der Waals surface area (Å²) in [6.45, 7) is 2.11. The van der Waals surface area contributed by atoms with E-state index >= 15 is 0 Å². The third-order valence-corrected chi connectivity index (χ3v) is 3.21. The summed E-state index contributed by atoms with van der Waals surface area (Å²) in [5.74, 6) is 0. The van der Waals surface area contributed by atoms with Crippen LogP contribution in [0.4, 0.5) is 0 Å². The highest BCUT2D eigenvalue weighted by atomic mass is 79.9. The molecule has 3 nitrogen and oxygen atoms in total. The van der Waals surface area contributed by atoms with E-state index in [0.29, 0.717) is 0 Å². The number of aromatic nitrogens is 2. The number of nitrogens with zero attached hydrogens (tertiary/aromatic N) is 2. The van der Waals surface area contributed by atoms with Gasteiger partial charge in [-0.3, -0.25) is 0 Å². The maximum atomic E-state index is 6.02. The molecular formula is C13H16BrN3. The van der Waals surface area contributed by atoms with Crippen LogP contribution in [0.2, 0.25) is 0 Å². The summed E-state index contributed by atoms with van der Waals surface area (Å²) in [6.07, 6.45) is 5.61. The molecule has 1 aromatic carbocycles. The van der Waals surface area contributed by atoms with Crippen LogP contribution in [0.3, 0.4) is 0 Å². The van der Waals surface area contributed by atoms with E-state index in [4.69, 9.17) is 5.73 Å². The van der Waals surface area contributed by atoms with Crippen LogP contribution in [0, 0.1) is 0 Å². The molecule has 0 saturated heterocycles. The van der Waals surface area contributed by atoms with Crippen LogP contribution in [-0.2, 0) is 6.42 Å². The SMILES string of the molecule is CCC(N)Cc1ccccc1-n1cc(Br)cn1. The lowest BCUT2D eigenvalue weighted by molar-refractivity contribution is 0.642. The highest BCUT2D eigenvalue weighted by molar-refractivity contribution is 9.10. The number of hydrogen-bond donors (Lipinski definition) is 1. The van der Waals surface area contributed by atoms with Crippen molar-refractivity contribution in [2.45, 2.75) is 25.8 Å². The molecule has 2 aromatic rings. The molecule has 0 aliphatic heterocycles. The molecule has 1 unspecified atom stereocenters. The first-order valence-corrected chi connectivity index (χ1v) is 6.54. The van der Waals surface area contributed by atoms with Crippen molar-refractivity contribution < 1.29 is 0 Å². The molecule has 0 aliphatic carbocycles. The van der Waals surface area contributed by atoms with Crippen LogP contribution >= 0.6 is 15.9 Å². The normalized spacial score (nSPS) is 12.6. The van der Waals surface area contributed by atoms with Gasteiger partial charge in [0.2, 0.25) is 0 Å². The molecule has 0 saturated carbocycles. The van der Waals surface area contributed by atoms with Crippen LogP contribution < -0.4 is 5.73 Å². The van der Waals surface area contributed by atoms with Crippen molar-refractivity contribution in [1.29, 1.82) is 0 Å². The summed E-state index contributed by atoms with van der Waals surface area (Å²) in [7, 11) is 0. The van der Waals surface area contributed by atoms with Gasteiger partial charge in [-0.05, 0) is 40.4 Å². The van der Waals surface area contributed by atoms with E-state index in [1.165, 1.54) is 5.56 Å². The fraction of sp³-hybridized carbons (Fsp3) is 0.308. The van der Waals surface area contributed by atoms with Crippen LogP contribution in [-0.4, -0.2) is 15.8 Å². The molecule has 2 N–H and O–H groups in total. The third-order valence-electron chi connectivity index (χ3n) is 2.80. The van der Waals surface area contributed by atoms with Crippen molar-refractivity contribution in [3.63, 3.8) is 0 Å². The zero-order chi connectivity index (χ0) is 12.3. The summed E-state index contributed by atoms with van der Waals surface area (Å²) in [5, 5.41) is 4.31. The monoisotopic (exact) mass is 293 g/mol. The molecular weight excluding hydrogens is 278 g/mol. The highest BCUT2D eigenvalue weighted by Gasteiger charge is 2.08. The topological polar surface area (TPSA) is 43.8 Å². The van der Waals surface area contributed by atoms with Crippen LogP contribution in [0.5, 0.6) is 0 Å². The second-order valence-corrected chi connectivity index (χ2v) is 5.02. The van der Waals surface area contributed by atoms with Gasteiger partial charge in [-0.25, -0.2) is 4.68 Å². The van der Waals surface area contributed by atoms with Gasteiger partial charge >= 0.3 is 0 Å².